The van der Waals surface area contributed by atoms with E-state index in [0.29, 0.717) is 11.4 Å². The van der Waals surface area contributed by atoms with E-state index in [9.17, 15) is 0 Å². The van der Waals surface area contributed by atoms with Gasteiger partial charge in [-0.15, -0.1) is 0 Å². The van der Waals surface area contributed by atoms with Crippen LogP contribution in [-0.4, -0.2) is 17.4 Å². The molecule has 13 heavy (non-hydrogen) atoms. The molecular weight excluding hydrogens is 164 g/mol. The molecule has 4 N–H and O–H groups in total. The van der Waals surface area contributed by atoms with E-state index in [1.165, 1.54) is 6.08 Å². The Hall–Kier alpha value is -1.61. The van der Waals surface area contributed by atoms with Gasteiger partial charge in [0.05, 0.1) is 12.3 Å². The van der Waals surface area contributed by atoms with Crippen molar-refractivity contribution in [2.24, 2.45) is 5.73 Å². The van der Waals surface area contributed by atoms with Crippen LogP contribution in [0.4, 0.5) is 0 Å². The first-order valence-corrected chi connectivity index (χ1v) is 3.95. The molecule has 0 aliphatic rings. The van der Waals surface area contributed by atoms with Gasteiger partial charge < -0.3 is 16.2 Å². The normalized spacial score (nSPS) is 11.3. The van der Waals surface area contributed by atoms with Gasteiger partial charge in [-0.05, 0) is 11.6 Å². The predicted octanol–water partition coefficient (Wildman–Crippen LogP) is 0.889. The topological polar surface area (TPSA) is 70.1 Å². The molecule has 0 saturated carbocycles. The monoisotopic (exact) mass is 176 g/mol. The minimum atomic E-state index is -0.213. The van der Waals surface area contributed by atoms with Crippen LogP contribution >= 0.6 is 0 Å². The third kappa shape index (κ3) is 2.72. The zero-order valence-electron chi connectivity index (χ0n) is 7.20. The molecule has 68 valence electrons. The van der Waals surface area contributed by atoms with Gasteiger partial charge in [0.15, 0.2) is 0 Å². The SMILES string of the molecule is N=C(C=C(N)CO)c1ccccc1. The molecule has 1 rings (SSSR count). The maximum atomic E-state index is 8.64. The number of nitrogens with two attached hydrogens (primary N) is 1. The summed E-state index contributed by atoms with van der Waals surface area (Å²) in [6, 6.07) is 9.24. The van der Waals surface area contributed by atoms with Crippen molar-refractivity contribution in [3.05, 3.63) is 47.7 Å². The summed E-state index contributed by atoms with van der Waals surface area (Å²) in [5.74, 6) is 0. The summed E-state index contributed by atoms with van der Waals surface area (Å²) in [7, 11) is 0. The summed E-state index contributed by atoms with van der Waals surface area (Å²) >= 11 is 0. The number of hydrogen-bond donors (Lipinski definition) is 3. The number of benzene rings is 1. The van der Waals surface area contributed by atoms with Crippen molar-refractivity contribution in [2.75, 3.05) is 6.61 Å². The van der Waals surface area contributed by atoms with E-state index in [2.05, 4.69) is 0 Å². The van der Waals surface area contributed by atoms with E-state index in [-0.39, 0.29) is 6.61 Å². The quantitative estimate of drug-likeness (QED) is 0.598. The highest BCUT2D eigenvalue weighted by Gasteiger charge is 1.96. The van der Waals surface area contributed by atoms with Gasteiger partial charge in [-0.3, -0.25) is 0 Å². The van der Waals surface area contributed by atoms with Crippen molar-refractivity contribution in [2.45, 2.75) is 0 Å². The molecule has 1 aromatic carbocycles. The fourth-order valence-corrected chi connectivity index (χ4v) is 0.932. The Morgan fingerprint density at radius 2 is 2.00 bits per heavy atom. The van der Waals surface area contributed by atoms with Crippen molar-refractivity contribution >= 4 is 5.71 Å². The van der Waals surface area contributed by atoms with Gasteiger partial charge in [-0.2, -0.15) is 0 Å². The summed E-state index contributed by atoms with van der Waals surface area (Å²) in [6.07, 6.45) is 1.45. The van der Waals surface area contributed by atoms with E-state index in [4.69, 9.17) is 16.2 Å². The molecule has 0 spiro atoms. The van der Waals surface area contributed by atoms with Gasteiger partial charge in [-0.25, -0.2) is 0 Å². The minimum absolute atomic E-state index is 0.213. The Bertz CT molecular complexity index is 317. The molecule has 0 heterocycles. The molecule has 0 unspecified atom stereocenters. The van der Waals surface area contributed by atoms with E-state index in [1.807, 2.05) is 30.3 Å². The molecule has 0 radical (unpaired) electrons. The molecule has 0 bridgehead atoms. The molecule has 3 heteroatoms. The molecule has 0 saturated heterocycles. The third-order valence-corrected chi connectivity index (χ3v) is 1.60. The van der Waals surface area contributed by atoms with Gasteiger partial charge in [0.1, 0.15) is 0 Å². The maximum Gasteiger partial charge on any atom is 0.0826 e. The van der Waals surface area contributed by atoms with Gasteiger partial charge >= 0.3 is 0 Å². The van der Waals surface area contributed by atoms with E-state index < -0.39 is 0 Å². The minimum Gasteiger partial charge on any atom is -0.400 e. The number of aliphatic hydroxyl groups is 1. The highest BCUT2D eigenvalue weighted by Crippen LogP contribution is 2.01. The average molecular weight is 176 g/mol. The van der Waals surface area contributed by atoms with Gasteiger partial charge in [0.2, 0.25) is 0 Å². The van der Waals surface area contributed by atoms with Crippen LogP contribution in [-0.2, 0) is 0 Å². The second-order valence-electron chi connectivity index (χ2n) is 2.66. The van der Waals surface area contributed by atoms with Crippen molar-refractivity contribution in [1.29, 1.82) is 5.41 Å². The lowest BCUT2D eigenvalue weighted by atomic mass is 10.1. The van der Waals surface area contributed by atoms with Gasteiger partial charge in [0.25, 0.3) is 0 Å². The lowest BCUT2D eigenvalue weighted by molar-refractivity contribution is 0.330. The van der Waals surface area contributed by atoms with Gasteiger partial charge in [0, 0.05) is 5.70 Å². The zero-order valence-corrected chi connectivity index (χ0v) is 7.20. The molecule has 0 amide bonds. The summed E-state index contributed by atoms with van der Waals surface area (Å²) in [5.41, 5.74) is 6.78. The molecule has 0 aromatic heterocycles. The average Bonchev–Trinajstić information content (AvgIpc) is 2.19. The predicted molar refractivity (Wildman–Crippen MR) is 52.6 cm³/mol. The fourth-order valence-electron chi connectivity index (χ4n) is 0.932. The summed E-state index contributed by atoms with van der Waals surface area (Å²) in [4.78, 5) is 0. The van der Waals surface area contributed by atoms with Crippen LogP contribution in [0.5, 0.6) is 0 Å². The first-order valence-electron chi connectivity index (χ1n) is 3.95. The highest BCUT2D eigenvalue weighted by atomic mass is 16.3. The van der Waals surface area contributed by atoms with Crippen LogP contribution in [0, 0.1) is 5.41 Å². The largest absolute Gasteiger partial charge is 0.400 e. The first kappa shape index (κ1) is 9.48. The lowest BCUT2D eigenvalue weighted by Crippen LogP contribution is -2.06. The van der Waals surface area contributed by atoms with Crippen molar-refractivity contribution in [3.8, 4) is 0 Å². The number of allylic oxidation sites excluding steroid dienone is 1. The molecule has 0 aliphatic heterocycles. The fraction of sp³-hybridized carbons (Fsp3) is 0.100. The number of hydrogen-bond acceptors (Lipinski definition) is 3. The summed E-state index contributed by atoms with van der Waals surface area (Å²) in [5, 5.41) is 16.2. The molecule has 0 aliphatic carbocycles. The molecule has 3 nitrogen and oxygen atoms in total. The van der Waals surface area contributed by atoms with E-state index in [0.717, 1.165) is 5.56 Å². The van der Waals surface area contributed by atoms with Crippen molar-refractivity contribution in [3.63, 3.8) is 0 Å². The zero-order chi connectivity index (χ0) is 9.68. The number of rotatable bonds is 3. The van der Waals surface area contributed by atoms with Crippen LogP contribution in [0.1, 0.15) is 5.56 Å². The second kappa shape index (κ2) is 4.42. The molecule has 1 aromatic rings. The van der Waals surface area contributed by atoms with Crippen LogP contribution in [0.25, 0.3) is 0 Å². The van der Waals surface area contributed by atoms with E-state index in [1.54, 1.807) is 0 Å². The Morgan fingerprint density at radius 3 is 2.54 bits per heavy atom. The maximum absolute atomic E-state index is 8.64. The summed E-state index contributed by atoms with van der Waals surface area (Å²) < 4.78 is 0. The first-order chi connectivity index (χ1) is 6.24. The Kier molecular flexibility index (Phi) is 3.23. The molecule has 0 atom stereocenters. The van der Waals surface area contributed by atoms with Gasteiger partial charge in [-0.1, -0.05) is 30.3 Å². The standard InChI is InChI=1S/C10H12N2O/c11-9(7-13)6-10(12)8-4-2-1-3-5-8/h1-6,12-13H,7,11H2. The Balaban J connectivity index is 2.81. The van der Waals surface area contributed by atoms with Crippen LogP contribution < -0.4 is 5.73 Å². The second-order valence-corrected chi connectivity index (χ2v) is 2.66. The molecular formula is C10H12N2O. The van der Waals surface area contributed by atoms with Crippen LogP contribution in [0.2, 0.25) is 0 Å². The third-order valence-electron chi connectivity index (χ3n) is 1.60. The van der Waals surface area contributed by atoms with Crippen LogP contribution in [0.3, 0.4) is 0 Å². The van der Waals surface area contributed by atoms with E-state index >= 15 is 0 Å². The molecule has 0 fully saturated rings. The number of aliphatic hydroxyl groups excluding tert-OH is 1. The Labute approximate surface area is 77.0 Å². The summed E-state index contributed by atoms with van der Waals surface area (Å²) in [6.45, 7) is -0.213. The van der Waals surface area contributed by atoms with Crippen LogP contribution in [0.15, 0.2) is 42.1 Å². The highest BCUT2D eigenvalue weighted by molar-refractivity contribution is 6.06. The number of nitrogens with one attached hydrogen (secondary N) is 1. The van der Waals surface area contributed by atoms with Crippen molar-refractivity contribution in [1.82, 2.24) is 0 Å². The van der Waals surface area contributed by atoms with Crippen molar-refractivity contribution < 1.29 is 5.11 Å². The smallest absolute Gasteiger partial charge is 0.0826 e. The Morgan fingerprint density at radius 1 is 1.38 bits per heavy atom. The lowest BCUT2D eigenvalue weighted by Gasteiger charge is -1.99.